The molecule has 2 N–H and O–H groups in total. The number of nitrogens with one attached hydrogen (secondary N) is 2. The lowest BCUT2D eigenvalue weighted by Gasteiger charge is -2.39. The van der Waals surface area contributed by atoms with Gasteiger partial charge in [0.25, 0.3) is 0 Å². The quantitative estimate of drug-likeness (QED) is 0.809. The van der Waals surface area contributed by atoms with E-state index in [2.05, 4.69) is 22.8 Å². The molecular formula is C21H20N4OS. The van der Waals surface area contributed by atoms with Crippen molar-refractivity contribution in [1.82, 2.24) is 10.6 Å². The highest BCUT2D eigenvalue weighted by Crippen LogP contribution is 2.27. The summed E-state index contributed by atoms with van der Waals surface area (Å²) in [6.07, 6.45) is 2.39. The SMILES string of the molecule is CSC1(C(=O)NC(C#N)Cc2ccc(-c3ccc(C#N)cc3)cc2)CNC1. The van der Waals surface area contributed by atoms with E-state index < -0.39 is 10.8 Å². The molecule has 1 unspecified atom stereocenters. The summed E-state index contributed by atoms with van der Waals surface area (Å²) >= 11 is 1.52. The molecule has 27 heavy (non-hydrogen) atoms. The normalized spacial score (nSPS) is 15.7. The number of hydrogen-bond acceptors (Lipinski definition) is 5. The molecule has 0 radical (unpaired) electrons. The van der Waals surface area contributed by atoms with Crippen molar-refractivity contribution in [3.63, 3.8) is 0 Å². The van der Waals surface area contributed by atoms with Gasteiger partial charge in [-0.15, -0.1) is 11.8 Å². The summed E-state index contributed by atoms with van der Waals surface area (Å²) in [5.74, 6) is -0.0745. The van der Waals surface area contributed by atoms with Gasteiger partial charge in [0.1, 0.15) is 10.8 Å². The smallest absolute Gasteiger partial charge is 0.239 e. The first-order chi connectivity index (χ1) is 13.1. The van der Waals surface area contributed by atoms with E-state index in [9.17, 15) is 10.1 Å². The summed E-state index contributed by atoms with van der Waals surface area (Å²) in [5, 5.41) is 24.3. The molecule has 1 heterocycles. The Balaban J connectivity index is 1.65. The highest BCUT2D eigenvalue weighted by atomic mass is 32.2. The Labute approximate surface area is 163 Å². The first-order valence-corrected chi connectivity index (χ1v) is 9.88. The van der Waals surface area contributed by atoms with Crippen LogP contribution in [0.2, 0.25) is 0 Å². The van der Waals surface area contributed by atoms with E-state index in [0.717, 1.165) is 16.7 Å². The van der Waals surface area contributed by atoms with E-state index in [-0.39, 0.29) is 5.91 Å². The number of nitriles is 2. The van der Waals surface area contributed by atoms with Gasteiger partial charge < -0.3 is 10.6 Å². The monoisotopic (exact) mass is 376 g/mol. The van der Waals surface area contributed by atoms with Crippen LogP contribution in [0.1, 0.15) is 11.1 Å². The van der Waals surface area contributed by atoms with Crippen molar-refractivity contribution in [2.75, 3.05) is 19.3 Å². The first-order valence-electron chi connectivity index (χ1n) is 8.66. The number of nitrogens with zero attached hydrogens (tertiary/aromatic N) is 2. The van der Waals surface area contributed by atoms with Crippen LogP contribution in [0.15, 0.2) is 48.5 Å². The maximum atomic E-state index is 12.5. The molecule has 1 fully saturated rings. The molecule has 0 aliphatic carbocycles. The summed E-state index contributed by atoms with van der Waals surface area (Å²) in [6.45, 7) is 1.27. The Bertz CT molecular complexity index is 884. The number of amides is 1. The molecule has 0 saturated carbocycles. The second kappa shape index (κ2) is 8.26. The molecule has 5 nitrogen and oxygen atoms in total. The summed E-state index contributed by atoms with van der Waals surface area (Å²) in [6, 6.07) is 19.1. The Morgan fingerprint density at radius 1 is 1.15 bits per heavy atom. The van der Waals surface area contributed by atoms with Crippen molar-refractivity contribution in [3.05, 3.63) is 59.7 Å². The van der Waals surface area contributed by atoms with Gasteiger partial charge in [-0.05, 0) is 35.1 Å². The van der Waals surface area contributed by atoms with Gasteiger partial charge in [0.15, 0.2) is 0 Å². The van der Waals surface area contributed by atoms with E-state index in [1.807, 2.05) is 42.7 Å². The first kappa shape index (κ1) is 19.0. The number of benzene rings is 2. The molecule has 1 saturated heterocycles. The molecule has 6 heteroatoms. The predicted molar refractivity (Wildman–Crippen MR) is 107 cm³/mol. The summed E-state index contributed by atoms with van der Waals surface area (Å²) in [7, 11) is 0. The van der Waals surface area contributed by atoms with Gasteiger partial charge in [0.05, 0.1) is 17.7 Å². The van der Waals surface area contributed by atoms with Crippen LogP contribution in [0.4, 0.5) is 0 Å². The van der Waals surface area contributed by atoms with E-state index in [4.69, 9.17) is 5.26 Å². The van der Waals surface area contributed by atoms with Crippen molar-refractivity contribution in [2.24, 2.45) is 0 Å². The van der Waals surface area contributed by atoms with Crippen molar-refractivity contribution in [2.45, 2.75) is 17.2 Å². The highest BCUT2D eigenvalue weighted by Gasteiger charge is 2.44. The lowest BCUT2D eigenvalue weighted by atomic mass is 9.98. The fraction of sp³-hybridized carbons (Fsp3) is 0.286. The molecule has 3 rings (SSSR count). The zero-order valence-electron chi connectivity index (χ0n) is 15.0. The molecule has 1 atom stereocenters. The Kier molecular flexibility index (Phi) is 5.81. The second-order valence-electron chi connectivity index (χ2n) is 6.55. The minimum absolute atomic E-state index is 0.0745. The number of carbonyl (C=O) groups is 1. The predicted octanol–water partition coefficient (Wildman–Crippen LogP) is 2.48. The molecule has 1 amide bonds. The average Bonchev–Trinajstić information content (AvgIpc) is 2.67. The molecule has 2 aromatic carbocycles. The maximum absolute atomic E-state index is 12.5. The highest BCUT2D eigenvalue weighted by molar-refractivity contribution is 8.00. The molecular weight excluding hydrogens is 356 g/mol. The number of rotatable bonds is 6. The van der Waals surface area contributed by atoms with E-state index >= 15 is 0 Å². The van der Waals surface area contributed by atoms with Crippen molar-refractivity contribution < 1.29 is 4.79 Å². The van der Waals surface area contributed by atoms with Crippen LogP contribution in [-0.2, 0) is 11.2 Å². The zero-order chi connectivity index (χ0) is 19.3. The fourth-order valence-corrected chi connectivity index (χ4v) is 3.71. The molecule has 0 bridgehead atoms. The molecule has 136 valence electrons. The summed E-state index contributed by atoms with van der Waals surface area (Å²) in [5.41, 5.74) is 3.70. The third-order valence-electron chi connectivity index (χ3n) is 4.83. The van der Waals surface area contributed by atoms with Gasteiger partial charge in [-0.25, -0.2) is 0 Å². The molecule has 0 aromatic heterocycles. The van der Waals surface area contributed by atoms with Crippen molar-refractivity contribution in [3.8, 4) is 23.3 Å². The average molecular weight is 376 g/mol. The van der Waals surface area contributed by atoms with Gasteiger partial charge >= 0.3 is 0 Å². The third kappa shape index (κ3) is 4.14. The van der Waals surface area contributed by atoms with Crippen molar-refractivity contribution in [1.29, 1.82) is 10.5 Å². The van der Waals surface area contributed by atoms with Crippen LogP contribution >= 0.6 is 11.8 Å². The lowest BCUT2D eigenvalue weighted by Crippen LogP contribution is -2.66. The molecule has 2 aromatic rings. The molecule has 0 spiro atoms. The Morgan fingerprint density at radius 3 is 2.19 bits per heavy atom. The molecule has 1 aliphatic rings. The Morgan fingerprint density at radius 2 is 1.74 bits per heavy atom. The lowest BCUT2D eigenvalue weighted by molar-refractivity contribution is -0.125. The van der Waals surface area contributed by atoms with Crippen LogP contribution in [0.25, 0.3) is 11.1 Å². The number of thioether (sulfide) groups is 1. The largest absolute Gasteiger partial charge is 0.339 e. The van der Waals surface area contributed by atoms with Crippen LogP contribution in [0.3, 0.4) is 0 Å². The van der Waals surface area contributed by atoms with E-state index in [1.165, 1.54) is 11.8 Å². The van der Waals surface area contributed by atoms with E-state index in [0.29, 0.717) is 25.1 Å². The van der Waals surface area contributed by atoms with Crippen molar-refractivity contribution >= 4 is 17.7 Å². The standard InChI is InChI=1S/C21H20N4OS/c1-27-21(13-24-14-21)20(26)25-19(12-23)10-15-2-6-17(7-3-15)18-8-4-16(11-22)5-9-18/h2-9,19,24H,10,13-14H2,1H3,(H,25,26). The minimum atomic E-state index is -0.553. The van der Waals surface area contributed by atoms with Crippen LogP contribution in [0.5, 0.6) is 0 Å². The third-order valence-corrected chi connectivity index (χ3v) is 6.08. The zero-order valence-corrected chi connectivity index (χ0v) is 15.8. The van der Waals surface area contributed by atoms with Gasteiger partial charge in [-0.1, -0.05) is 36.4 Å². The van der Waals surface area contributed by atoms with Gasteiger partial charge in [0, 0.05) is 19.5 Å². The number of hydrogen-bond donors (Lipinski definition) is 2. The fourth-order valence-electron chi connectivity index (χ4n) is 2.97. The van der Waals surface area contributed by atoms with Gasteiger partial charge in [0.2, 0.25) is 5.91 Å². The van der Waals surface area contributed by atoms with Crippen LogP contribution in [-0.4, -0.2) is 36.0 Å². The second-order valence-corrected chi connectivity index (χ2v) is 7.74. The van der Waals surface area contributed by atoms with Gasteiger partial charge in [-0.3, -0.25) is 4.79 Å². The summed E-state index contributed by atoms with van der Waals surface area (Å²) in [4.78, 5) is 12.5. The topological polar surface area (TPSA) is 88.7 Å². The minimum Gasteiger partial charge on any atom is -0.339 e. The molecule has 1 aliphatic heterocycles. The van der Waals surface area contributed by atoms with Gasteiger partial charge in [-0.2, -0.15) is 10.5 Å². The van der Waals surface area contributed by atoms with Crippen LogP contribution < -0.4 is 10.6 Å². The van der Waals surface area contributed by atoms with E-state index in [1.54, 1.807) is 12.1 Å². The maximum Gasteiger partial charge on any atom is 0.239 e. The number of carbonyl (C=O) groups excluding carboxylic acids is 1. The summed E-state index contributed by atoms with van der Waals surface area (Å²) < 4.78 is -0.450. The Hall–Kier alpha value is -2.80. The van der Waals surface area contributed by atoms with Crippen LogP contribution in [0, 0.1) is 22.7 Å².